The summed E-state index contributed by atoms with van der Waals surface area (Å²) in [6.45, 7) is 3.80. The maximum atomic E-state index is 13.2. The third kappa shape index (κ3) is 5.43. The average molecular weight is 499 g/mol. The van der Waals surface area contributed by atoms with Gasteiger partial charge in [0, 0.05) is 22.7 Å². The van der Waals surface area contributed by atoms with Crippen molar-refractivity contribution >= 4 is 45.0 Å². The molecule has 178 valence electrons. The van der Waals surface area contributed by atoms with Gasteiger partial charge in [-0.05, 0) is 86.3 Å². The highest BCUT2D eigenvalue weighted by molar-refractivity contribution is 7.98. The van der Waals surface area contributed by atoms with Gasteiger partial charge >= 0.3 is 5.97 Å². The lowest BCUT2D eigenvalue weighted by atomic mass is 10.1. The van der Waals surface area contributed by atoms with Gasteiger partial charge in [-0.15, -0.1) is 11.8 Å². The first kappa shape index (κ1) is 25.3. The molecule has 0 heterocycles. The molecular weight excluding hydrogens is 472 g/mol. The number of hydrogen-bond acceptors (Lipinski definition) is 6. The molecule has 0 aromatic heterocycles. The minimum atomic E-state index is -3.75. The van der Waals surface area contributed by atoms with Gasteiger partial charge in [-0.3, -0.25) is 9.10 Å². The number of rotatable bonds is 8. The zero-order valence-corrected chi connectivity index (χ0v) is 21.0. The topological polar surface area (TPSA) is 92.8 Å². The van der Waals surface area contributed by atoms with Crippen LogP contribution in [-0.2, 0) is 14.8 Å². The number of anilines is 2. The molecule has 0 aliphatic carbocycles. The van der Waals surface area contributed by atoms with E-state index < -0.39 is 16.0 Å². The summed E-state index contributed by atoms with van der Waals surface area (Å²) in [4.78, 5) is 25.8. The van der Waals surface area contributed by atoms with Crippen LogP contribution in [-0.4, -0.2) is 40.2 Å². The maximum Gasteiger partial charge on any atom is 0.337 e. The van der Waals surface area contributed by atoms with E-state index in [4.69, 9.17) is 4.74 Å². The molecule has 34 heavy (non-hydrogen) atoms. The third-order valence-corrected chi connectivity index (χ3v) is 7.92. The molecule has 3 aromatic rings. The van der Waals surface area contributed by atoms with Crippen LogP contribution in [0.2, 0.25) is 0 Å². The van der Waals surface area contributed by atoms with E-state index in [0.29, 0.717) is 22.5 Å². The third-order valence-electron chi connectivity index (χ3n) is 5.26. The van der Waals surface area contributed by atoms with E-state index in [1.165, 1.54) is 23.2 Å². The molecule has 0 radical (unpaired) electrons. The number of ether oxygens (including phenoxy) is 1. The van der Waals surface area contributed by atoms with Crippen LogP contribution >= 0.6 is 11.8 Å². The molecule has 0 bridgehead atoms. The zero-order chi connectivity index (χ0) is 24.9. The number of esters is 1. The van der Waals surface area contributed by atoms with Gasteiger partial charge in [0.1, 0.15) is 0 Å². The fourth-order valence-electron chi connectivity index (χ4n) is 3.34. The molecule has 7 nitrogen and oxygen atoms in total. The number of sulfonamides is 1. The standard InChI is InChI=1S/C25H26N2O5S2/c1-5-27(34(30,31)22-14-12-21(33-4)13-15-22)20-10-8-18(9-11-20)24(28)26-23-16-19(25(29)32-3)7-6-17(23)2/h6-16H,5H2,1-4H3,(H,26,28). The van der Waals surface area contributed by atoms with Crippen molar-refractivity contribution in [1.82, 2.24) is 0 Å². The molecule has 0 aliphatic rings. The van der Waals surface area contributed by atoms with Gasteiger partial charge in [-0.25, -0.2) is 13.2 Å². The number of methoxy groups -OCH3 is 1. The Morgan fingerprint density at radius 3 is 2.15 bits per heavy atom. The summed E-state index contributed by atoms with van der Waals surface area (Å²) >= 11 is 1.54. The summed E-state index contributed by atoms with van der Waals surface area (Å²) < 4.78 is 32.4. The average Bonchev–Trinajstić information content (AvgIpc) is 2.85. The Morgan fingerprint density at radius 2 is 1.59 bits per heavy atom. The largest absolute Gasteiger partial charge is 0.465 e. The fraction of sp³-hybridized carbons (Fsp3) is 0.200. The van der Waals surface area contributed by atoms with Crippen LogP contribution < -0.4 is 9.62 Å². The van der Waals surface area contributed by atoms with Crippen LogP contribution in [0.25, 0.3) is 0 Å². The quantitative estimate of drug-likeness (QED) is 0.348. The van der Waals surface area contributed by atoms with E-state index in [0.717, 1.165) is 10.5 Å². The maximum absolute atomic E-state index is 13.2. The normalized spacial score (nSPS) is 11.1. The molecule has 9 heteroatoms. The lowest BCUT2D eigenvalue weighted by Crippen LogP contribution is -2.30. The summed E-state index contributed by atoms with van der Waals surface area (Å²) in [6, 6.07) is 18.0. The Labute approximate surface area is 204 Å². The van der Waals surface area contributed by atoms with Crippen molar-refractivity contribution in [2.75, 3.05) is 29.5 Å². The highest BCUT2D eigenvalue weighted by Gasteiger charge is 2.24. The molecule has 0 saturated carbocycles. The Morgan fingerprint density at radius 1 is 0.971 bits per heavy atom. The van der Waals surface area contributed by atoms with Gasteiger partial charge in [-0.1, -0.05) is 6.07 Å². The van der Waals surface area contributed by atoms with Crippen LogP contribution in [0.5, 0.6) is 0 Å². The first-order chi connectivity index (χ1) is 16.2. The van der Waals surface area contributed by atoms with Crippen LogP contribution in [0.4, 0.5) is 11.4 Å². The number of hydrogen-bond donors (Lipinski definition) is 1. The highest BCUT2D eigenvalue weighted by Crippen LogP contribution is 2.26. The predicted octanol–water partition coefficient (Wildman–Crippen LogP) is 4.97. The summed E-state index contributed by atoms with van der Waals surface area (Å²) in [5.41, 5.74) is 2.41. The van der Waals surface area contributed by atoms with E-state index >= 15 is 0 Å². The molecule has 0 unspecified atom stereocenters. The predicted molar refractivity (Wildman–Crippen MR) is 135 cm³/mol. The van der Waals surface area contributed by atoms with Crippen molar-refractivity contribution in [3.05, 3.63) is 83.4 Å². The van der Waals surface area contributed by atoms with Crippen molar-refractivity contribution in [3.63, 3.8) is 0 Å². The minimum Gasteiger partial charge on any atom is -0.465 e. The first-order valence-corrected chi connectivity index (χ1v) is 13.1. The smallest absolute Gasteiger partial charge is 0.337 e. The molecule has 0 aliphatic heterocycles. The lowest BCUT2D eigenvalue weighted by molar-refractivity contribution is 0.0600. The van der Waals surface area contributed by atoms with Gasteiger partial charge in [0.25, 0.3) is 15.9 Å². The van der Waals surface area contributed by atoms with Crippen LogP contribution in [0.1, 0.15) is 33.2 Å². The molecule has 1 amide bonds. The molecule has 0 spiro atoms. The fourth-order valence-corrected chi connectivity index (χ4v) is 5.22. The minimum absolute atomic E-state index is 0.204. The Hall–Kier alpha value is -3.30. The molecule has 3 rings (SSSR count). The van der Waals surface area contributed by atoms with E-state index in [-0.39, 0.29) is 17.3 Å². The van der Waals surface area contributed by atoms with E-state index in [1.54, 1.807) is 73.7 Å². The number of thioether (sulfide) groups is 1. The number of carbonyl (C=O) groups excluding carboxylic acids is 2. The molecule has 0 saturated heterocycles. The van der Waals surface area contributed by atoms with Gasteiger partial charge < -0.3 is 10.1 Å². The van der Waals surface area contributed by atoms with Crippen LogP contribution in [0.15, 0.2) is 76.5 Å². The van der Waals surface area contributed by atoms with Crippen molar-refractivity contribution in [2.45, 2.75) is 23.6 Å². The Balaban J connectivity index is 1.82. The van der Waals surface area contributed by atoms with E-state index in [2.05, 4.69) is 5.32 Å². The van der Waals surface area contributed by atoms with E-state index in [1.807, 2.05) is 13.2 Å². The van der Waals surface area contributed by atoms with Crippen molar-refractivity contribution in [1.29, 1.82) is 0 Å². The van der Waals surface area contributed by atoms with Crippen LogP contribution in [0.3, 0.4) is 0 Å². The molecule has 1 N–H and O–H groups in total. The molecule has 3 aromatic carbocycles. The Bertz CT molecular complexity index is 1290. The zero-order valence-electron chi connectivity index (χ0n) is 19.4. The molecule has 0 atom stereocenters. The SMILES string of the molecule is CCN(c1ccc(C(=O)Nc2cc(C(=O)OC)ccc2C)cc1)S(=O)(=O)c1ccc(SC)cc1. The molecule has 0 fully saturated rings. The number of amides is 1. The van der Waals surface area contributed by atoms with Crippen molar-refractivity contribution < 1.29 is 22.7 Å². The number of nitrogens with one attached hydrogen (secondary N) is 1. The summed E-state index contributed by atoms with van der Waals surface area (Å²) in [6.07, 6.45) is 1.93. The van der Waals surface area contributed by atoms with Crippen molar-refractivity contribution in [3.8, 4) is 0 Å². The Kier molecular flexibility index (Phi) is 8.01. The first-order valence-electron chi connectivity index (χ1n) is 10.5. The summed E-state index contributed by atoms with van der Waals surface area (Å²) in [5.74, 6) is -0.876. The van der Waals surface area contributed by atoms with Gasteiger partial charge in [0.15, 0.2) is 0 Å². The second-order valence-corrected chi connectivity index (χ2v) is 10.1. The highest BCUT2D eigenvalue weighted by atomic mass is 32.2. The summed E-state index contributed by atoms with van der Waals surface area (Å²) in [5, 5.41) is 2.79. The van der Waals surface area contributed by atoms with Gasteiger partial charge in [-0.2, -0.15) is 0 Å². The van der Waals surface area contributed by atoms with Crippen LogP contribution in [0, 0.1) is 6.92 Å². The number of carbonyl (C=O) groups is 2. The summed E-state index contributed by atoms with van der Waals surface area (Å²) in [7, 11) is -2.46. The van der Waals surface area contributed by atoms with E-state index in [9.17, 15) is 18.0 Å². The number of nitrogens with zero attached hydrogens (tertiary/aromatic N) is 1. The molecular formula is C25H26N2O5S2. The van der Waals surface area contributed by atoms with Gasteiger partial charge in [0.2, 0.25) is 0 Å². The monoisotopic (exact) mass is 498 g/mol. The van der Waals surface area contributed by atoms with Crippen molar-refractivity contribution in [2.24, 2.45) is 0 Å². The second kappa shape index (κ2) is 10.8. The second-order valence-electron chi connectivity index (χ2n) is 7.37. The lowest BCUT2D eigenvalue weighted by Gasteiger charge is -2.23. The number of aryl methyl sites for hydroxylation is 1. The number of benzene rings is 3. The van der Waals surface area contributed by atoms with Gasteiger partial charge in [0.05, 0.1) is 23.3 Å².